The summed E-state index contributed by atoms with van der Waals surface area (Å²) in [4.78, 5) is 4.33. The molecule has 19 heavy (non-hydrogen) atoms. The second kappa shape index (κ2) is 6.24. The second-order valence-corrected chi connectivity index (χ2v) is 5.01. The molecular weight excluding hydrogens is 283 g/mol. The Morgan fingerprint density at radius 2 is 2.00 bits per heavy atom. The number of nitrogens with zero attached hydrogens (tertiary/aromatic N) is 1. The quantitative estimate of drug-likeness (QED) is 0.918. The number of halogens is 2. The zero-order valence-electron chi connectivity index (χ0n) is 10.7. The SMILES string of the molecule is CNCc1cc(C)nc(Oc2cc(Cl)ccc2Cl)c1. The van der Waals surface area contributed by atoms with Gasteiger partial charge >= 0.3 is 0 Å². The molecule has 0 bridgehead atoms. The number of nitrogens with one attached hydrogen (secondary N) is 1. The highest BCUT2D eigenvalue weighted by Crippen LogP contribution is 2.31. The largest absolute Gasteiger partial charge is 0.437 e. The van der Waals surface area contributed by atoms with Gasteiger partial charge in [0.25, 0.3) is 0 Å². The number of pyridine rings is 1. The van der Waals surface area contributed by atoms with Crippen molar-refractivity contribution in [2.45, 2.75) is 13.5 Å². The minimum absolute atomic E-state index is 0.502. The molecule has 0 fully saturated rings. The minimum atomic E-state index is 0.502. The summed E-state index contributed by atoms with van der Waals surface area (Å²) >= 11 is 12.0. The molecule has 100 valence electrons. The van der Waals surface area contributed by atoms with E-state index in [1.807, 2.05) is 26.1 Å². The summed E-state index contributed by atoms with van der Waals surface area (Å²) in [6.45, 7) is 2.68. The number of hydrogen-bond donors (Lipinski definition) is 1. The third kappa shape index (κ3) is 3.83. The van der Waals surface area contributed by atoms with Gasteiger partial charge in [0, 0.05) is 29.4 Å². The van der Waals surface area contributed by atoms with Gasteiger partial charge in [-0.2, -0.15) is 0 Å². The van der Waals surface area contributed by atoms with E-state index < -0.39 is 0 Å². The number of hydrogen-bond acceptors (Lipinski definition) is 3. The first-order valence-electron chi connectivity index (χ1n) is 5.83. The molecule has 0 saturated carbocycles. The van der Waals surface area contributed by atoms with Crippen LogP contribution in [-0.4, -0.2) is 12.0 Å². The van der Waals surface area contributed by atoms with Crippen molar-refractivity contribution in [3.05, 3.63) is 51.6 Å². The summed E-state index contributed by atoms with van der Waals surface area (Å²) in [5.74, 6) is 1.01. The maximum absolute atomic E-state index is 6.06. The molecular formula is C14H14Cl2N2O. The number of ether oxygens (including phenoxy) is 1. The Labute approximate surface area is 122 Å². The standard InChI is InChI=1S/C14H14Cl2N2O/c1-9-5-10(8-17-2)6-14(18-9)19-13-7-11(15)3-4-12(13)16/h3-7,17H,8H2,1-2H3. The van der Waals surface area contributed by atoms with E-state index in [4.69, 9.17) is 27.9 Å². The fourth-order valence-electron chi connectivity index (χ4n) is 1.73. The Morgan fingerprint density at radius 1 is 1.21 bits per heavy atom. The van der Waals surface area contributed by atoms with Crippen molar-refractivity contribution in [1.82, 2.24) is 10.3 Å². The molecule has 0 atom stereocenters. The molecule has 0 aliphatic rings. The molecule has 0 saturated heterocycles. The Bertz CT molecular complexity index is 588. The van der Waals surface area contributed by atoms with E-state index in [-0.39, 0.29) is 0 Å². The van der Waals surface area contributed by atoms with Gasteiger partial charge in [-0.15, -0.1) is 0 Å². The van der Waals surface area contributed by atoms with Gasteiger partial charge in [0.15, 0.2) is 0 Å². The van der Waals surface area contributed by atoms with Crippen LogP contribution < -0.4 is 10.1 Å². The molecule has 0 spiro atoms. The van der Waals surface area contributed by atoms with Crippen LogP contribution in [-0.2, 0) is 6.54 Å². The fraction of sp³-hybridized carbons (Fsp3) is 0.214. The smallest absolute Gasteiger partial charge is 0.219 e. The summed E-state index contributed by atoms with van der Waals surface area (Å²) in [5, 5.41) is 4.17. The number of rotatable bonds is 4. The van der Waals surface area contributed by atoms with Crippen molar-refractivity contribution in [2.24, 2.45) is 0 Å². The van der Waals surface area contributed by atoms with E-state index in [2.05, 4.69) is 10.3 Å². The topological polar surface area (TPSA) is 34.2 Å². The predicted octanol–water partition coefficient (Wildman–Crippen LogP) is 4.21. The van der Waals surface area contributed by atoms with E-state index in [1.165, 1.54) is 0 Å². The molecule has 0 aliphatic heterocycles. The van der Waals surface area contributed by atoms with Gasteiger partial charge in [0.1, 0.15) is 5.75 Å². The van der Waals surface area contributed by atoms with Crippen molar-refractivity contribution in [3.63, 3.8) is 0 Å². The van der Waals surface area contributed by atoms with Gasteiger partial charge in [0.05, 0.1) is 5.02 Å². The van der Waals surface area contributed by atoms with E-state index in [0.717, 1.165) is 17.8 Å². The first kappa shape index (κ1) is 14.1. The summed E-state index contributed by atoms with van der Waals surface area (Å²) in [6, 6.07) is 8.96. The zero-order chi connectivity index (χ0) is 13.8. The van der Waals surface area contributed by atoms with E-state index >= 15 is 0 Å². The molecule has 2 rings (SSSR count). The van der Waals surface area contributed by atoms with Gasteiger partial charge < -0.3 is 10.1 Å². The Kier molecular flexibility index (Phi) is 4.64. The van der Waals surface area contributed by atoms with Crippen LogP contribution in [0.1, 0.15) is 11.3 Å². The molecule has 1 aromatic carbocycles. The van der Waals surface area contributed by atoms with Crippen LogP contribution in [0, 0.1) is 6.92 Å². The van der Waals surface area contributed by atoms with Crippen molar-refractivity contribution in [2.75, 3.05) is 7.05 Å². The molecule has 1 N–H and O–H groups in total. The molecule has 3 nitrogen and oxygen atoms in total. The van der Waals surface area contributed by atoms with Crippen molar-refractivity contribution < 1.29 is 4.74 Å². The number of aromatic nitrogens is 1. The van der Waals surface area contributed by atoms with E-state index in [0.29, 0.717) is 21.7 Å². The Hall–Kier alpha value is -1.29. The maximum Gasteiger partial charge on any atom is 0.219 e. The maximum atomic E-state index is 6.06. The van der Waals surface area contributed by atoms with Crippen LogP contribution in [0.2, 0.25) is 10.0 Å². The van der Waals surface area contributed by atoms with Crippen LogP contribution in [0.3, 0.4) is 0 Å². The first-order valence-corrected chi connectivity index (χ1v) is 6.59. The third-order valence-corrected chi connectivity index (χ3v) is 3.03. The number of aryl methyl sites for hydroxylation is 1. The lowest BCUT2D eigenvalue weighted by atomic mass is 10.2. The minimum Gasteiger partial charge on any atom is -0.437 e. The average Bonchev–Trinajstić information content (AvgIpc) is 2.33. The average molecular weight is 297 g/mol. The zero-order valence-corrected chi connectivity index (χ0v) is 12.2. The highest BCUT2D eigenvalue weighted by atomic mass is 35.5. The Morgan fingerprint density at radius 3 is 2.74 bits per heavy atom. The summed E-state index contributed by atoms with van der Waals surface area (Å²) < 4.78 is 5.70. The molecule has 1 aromatic heterocycles. The van der Waals surface area contributed by atoms with Crippen LogP contribution in [0.25, 0.3) is 0 Å². The molecule has 0 unspecified atom stereocenters. The summed E-state index contributed by atoms with van der Waals surface area (Å²) in [5.41, 5.74) is 1.99. The molecule has 1 heterocycles. The first-order chi connectivity index (χ1) is 9.08. The highest BCUT2D eigenvalue weighted by Gasteiger charge is 2.07. The molecule has 2 aromatic rings. The second-order valence-electron chi connectivity index (χ2n) is 4.16. The van der Waals surface area contributed by atoms with Gasteiger partial charge in [-0.1, -0.05) is 23.2 Å². The van der Waals surface area contributed by atoms with Crippen LogP contribution in [0.5, 0.6) is 11.6 Å². The lowest BCUT2D eigenvalue weighted by molar-refractivity contribution is 0.461. The van der Waals surface area contributed by atoms with Gasteiger partial charge in [-0.25, -0.2) is 4.98 Å². The molecule has 5 heteroatoms. The van der Waals surface area contributed by atoms with E-state index in [1.54, 1.807) is 18.2 Å². The molecule has 0 radical (unpaired) electrons. The monoisotopic (exact) mass is 296 g/mol. The predicted molar refractivity (Wildman–Crippen MR) is 78.3 cm³/mol. The Balaban J connectivity index is 2.29. The molecule has 0 amide bonds. The normalized spacial score (nSPS) is 10.5. The lowest BCUT2D eigenvalue weighted by Crippen LogP contribution is -2.06. The third-order valence-electron chi connectivity index (χ3n) is 2.48. The highest BCUT2D eigenvalue weighted by molar-refractivity contribution is 6.34. The van der Waals surface area contributed by atoms with Gasteiger partial charge in [-0.3, -0.25) is 0 Å². The van der Waals surface area contributed by atoms with Gasteiger partial charge in [-0.05, 0) is 37.7 Å². The van der Waals surface area contributed by atoms with Gasteiger partial charge in [0.2, 0.25) is 5.88 Å². The van der Waals surface area contributed by atoms with Crippen molar-refractivity contribution in [3.8, 4) is 11.6 Å². The van der Waals surface area contributed by atoms with Crippen molar-refractivity contribution in [1.29, 1.82) is 0 Å². The van der Waals surface area contributed by atoms with Crippen LogP contribution in [0.15, 0.2) is 30.3 Å². The summed E-state index contributed by atoms with van der Waals surface area (Å²) in [7, 11) is 1.89. The molecule has 0 aliphatic carbocycles. The van der Waals surface area contributed by atoms with Crippen molar-refractivity contribution >= 4 is 23.2 Å². The number of benzene rings is 1. The van der Waals surface area contributed by atoms with Crippen LogP contribution >= 0.6 is 23.2 Å². The fourth-order valence-corrected chi connectivity index (χ4v) is 2.05. The lowest BCUT2D eigenvalue weighted by Gasteiger charge is -2.09. The van der Waals surface area contributed by atoms with Crippen LogP contribution in [0.4, 0.5) is 0 Å². The van der Waals surface area contributed by atoms with E-state index in [9.17, 15) is 0 Å². The summed E-state index contributed by atoms with van der Waals surface area (Å²) in [6.07, 6.45) is 0.